The smallest absolute Gasteiger partial charge is 0.221 e. The normalized spacial score (nSPS) is 11.4. The van der Waals surface area contributed by atoms with Crippen LogP contribution in [0, 0.1) is 0 Å². The number of rotatable bonds is 5. The molecule has 3 aromatic carbocycles. The van der Waals surface area contributed by atoms with Gasteiger partial charge in [0.15, 0.2) is 5.82 Å². The van der Waals surface area contributed by atoms with Gasteiger partial charge in [0, 0.05) is 16.0 Å². The lowest BCUT2D eigenvalue weighted by molar-refractivity contribution is 0.103. The Kier molecular flexibility index (Phi) is 5.42. The lowest BCUT2D eigenvalue weighted by Crippen LogP contribution is -2.09. The first-order valence-electron chi connectivity index (χ1n) is 8.78. The van der Waals surface area contributed by atoms with Gasteiger partial charge in [0.05, 0.1) is 11.0 Å². The minimum absolute atomic E-state index is 0.136. The van der Waals surface area contributed by atoms with Crippen LogP contribution in [0.15, 0.2) is 83.3 Å². The number of halogens is 2. The van der Waals surface area contributed by atoms with Gasteiger partial charge in [-0.1, -0.05) is 70.0 Å². The van der Waals surface area contributed by atoms with Gasteiger partial charge in [0.2, 0.25) is 5.78 Å². The summed E-state index contributed by atoms with van der Waals surface area (Å²) in [7, 11) is 0. The third-order valence-electron chi connectivity index (χ3n) is 4.43. The van der Waals surface area contributed by atoms with Crippen LogP contribution in [0.5, 0.6) is 0 Å². The molecule has 3 nitrogen and oxygen atoms in total. The maximum absolute atomic E-state index is 12.9. The molecule has 0 spiro atoms. The summed E-state index contributed by atoms with van der Waals surface area (Å²) in [5.41, 5.74) is 3.76. The first kappa shape index (κ1) is 18.7. The Hall–Kier alpha value is -2.69. The minimum Gasteiger partial charge on any atom is -0.317 e. The van der Waals surface area contributed by atoms with Gasteiger partial charge in [0.25, 0.3) is 0 Å². The van der Waals surface area contributed by atoms with E-state index in [2.05, 4.69) is 20.9 Å². The average molecular weight is 452 g/mol. The predicted octanol–water partition coefficient (Wildman–Crippen LogP) is 6.40. The number of para-hydroxylation sites is 2. The van der Waals surface area contributed by atoms with E-state index in [1.54, 1.807) is 24.3 Å². The van der Waals surface area contributed by atoms with Gasteiger partial charge in [-0.15, -0.1) is 0 Å². The first-order valence-corrected chi connectivity index (χ1v) is 9.95. The maximum atomic E-state index is 12.9. The number of carbonyl (C=O) groups is 1. The average Bonchev–Trinajstić information content (AvgIpc) is 3.08. The molecule has 4 rings (SSSR count). The number of allylic oxidation sites excluding steroid dienone is 1. The van der Waals surface area contributed by atoms with E-state index in [4.69, 9.17) is 11.6 Å². The Morgan fingerprint density at radius 3 is 2.46 bits per heavy atom. The molecule has 0 saturated carbocycles. The summed E-state index contributed by atoms with van der Waals surface area (Å²) >= 11 is 9.37. The summed E-state index contributed by atoms with van der Waals surface area (Å²) in [6.07, 6.45) is 3.34. The SMILES string of the molecule is O=C(/C=C/c1ccc(Cl)cc1)c1nc2ccccc2n1Cc1ccc(Br)cc1. The molecule has 5 heteroatoms. The van der Waals surface area contributed by atoms with Crippen molar-refractivity contribution in [2.45, 2.75) is 6.54 Å². The lowest BCUT2D eigenvalue weighted by atomic mass is 10.2. The molecule has 4 aromatic rings. The molecule has 0 N–H and O–H groups in total. The molecular formula is C23H16BrClN2O. The molecule has 0 aliphatic heterocycles. The van der Waals surface area contributed by atoms with Crippen LogP contribution >= 0.6 is 27.5 Å². The number of fused-ring (bicyclic) bond motifs is 1. The monoisotopic (exact) mass is 450 g/mol. The van der Waals surface area contributed by atoms with Crippen molar-refractivity contribution in [2.75, 3.05) is 0 Å². The highest BCUT2D eigenvalue weighted by Crippen LogP contribution is 2.20. The molecule has 28 heavy (non-hydrogen) atoms. The van der Waals surface area contributed by atoms with Crippen LogP contribution in [0.1, 0.15) is 21.7 Å². The van der Waals surface area contributed by atoms with Crippen molar-refractivity contribution < 1.29 is 4.79 Å². The van der Waals surface area contributed by atoms with Crippen molar-refractivity contribution in [1.82, 2.24) is 9.55 Å². The second kappa shape index (κ2) is 8.13. The summed E-state index contributed by atoms with van der Waals surface area (Å²) in [5.74, 6) is 0.289. The van der Waals surface area contributed by atoms with Crippen molar-refractivity contribution >= 4 is 50.4 Å². The summed E-state index contributed by atoms with van der Waals surface area (Å²) < 4.78 is 2.99. The van der Waals surface area contributed by atoms with E-state index in [-0.39, 0.29) is 5.78 Å². The van der Waals surface area contributed by atoms with E-state index in [0.29, 0.717) is 17.4 Å². The summed E-state index contributed by atoms with van der Waals surface area (Å²) in [4.78, 5) is 17.5. The zero-order valence-corrected chi connectivity index (χ0v) is 17.2. The van der Waals surface area contributed by atoms with Crippen LogP contribution in [0.2, 0.25) is 5.02 Å². The number of carbonyl (C=O) groups excluding carboxylic acids is 1. The summed E-state index contributed by atoms with van der Waals surface area (Å²) in [6.45, 7) is 0.573. The Labute approximate surface area is 176 Å². The van der Waals surface area contributed by atoms with Crippen molar-refractivity contribution in [3.63, 3.8) is 0 Å². The van der Waals surface area contributed by atoms with Crippen molar-refractivity contribution in [2.24, 2.45) is 0 Å². The lowest BCUT2D eigenvalue weighted by Gasteiger charge is -2.08. The highest BCUT2D eigenvalue weighted by Gasteiger charge is 2.15. The zero-order valence-electron chi connectivity index (χ0n) is 14.8. The fraction of sp³-hybridized carbons (Fsp3) is 0.0435. The van der Waals surface area contributed by atoms with Gasteiger partial charge in [-0.25, -0.2) is 4.98 Å². The third-order valence-corrected chi connectivity index (χ3v) is 5.21. The van der Waals surface area contributed by atoms with Crippen molar-refractivity contribution in [1.29, 1.82) is 0 Å². The van der Waals surface area contributed by atoms with E-state index < -0.39 is 0 Å². The van der Waals surface area contributed by atoms with Crippen LogP contribution in [0.3, 0.4) is 0 Å². The van der Waals surface area contributed by atoms with Crippen LogP contribution in [-0.2, 0) is 6.54 Å². The van der Waals surface area contributed by atoms with Gasteiger partial charge in [-0.3, -0.25) is 4.79 Å². The topological polar surface area (TPSA) is 34.9 Å². The fourth-order valence-electron chi connectivity index (χ4n) is 3.02. The van der Waals surface area contributed by atoms with Crippen molar-refractivity contribution in [3.8, 4) is 0 Å². The number of benzene rings is 3. The zero-order chi connectivity index (χ0) is 19.5. The Bertz CT molecular complexity index is 1160. The fourth-order valence-corrected chi connectivity index (χ4v) is 3.41. The number of nitrogens with zero attached hydrogens (tertiary/aromatic N) is 2. The minimum atomic E-state index is -0.136. The largest absolute Gasteiger partial charge is 0.317 e. The van der Waals surface area contributed by atoms with E-state index in [1.165, 1.54) is 0 Å². The molecule has 138 valence electrons. The van der Waals surface area contributed by atoms with E-state index in [0.717, 1.165) is 26.6 Å². The number of aromatic nitrogens is 2. The quantitative estimate of drug-likeness (QED) is 0.260. The van der Waals surface area contributed by atoms with E-state index in [9.17, 15) is 4.79 Å². The van der Waals surface area contributed by atoms with Gasteiger partial charge in [-0.05, 0) is 53.6 Å². The Morgan fingerprint density at radius 1 is 1.00 bits per heavy atom. The molecule has 0 radical (unpaired) electrons. The maximum Gasteiger partial charge on any atom is 0.221 e. The molecule has 0 fully saturated rings. The number of hydrogen-bond acceptors (Lipinski definition) is 2. The van der Waals surface area contributed by atoms with E-state index >= 15 is 0 Å². The molecular weight excluding hydrogens is 436 g/mol. The van der Waals surface area contributed by atoms with E-state index in [1.807, 2.05) is 65.2 Å². The third kappa shape index (κ3) is 4.08. The predicted molar refractivity (Wildman–Crippen MR) is 118 cm³/mol. The second-order valence-electron chi connectivity index (χ2n) is 6.39. The van der Waals surface area contributed by atoms with Crippen molar-refractivity contribution in [3.05, 3.63) is 105 Å². The number of hydrogen-bond donors (Lipinski definition) is 0. The number of imidazole rings is 1. The summed E-state index contributed by atoms with van der Waals surface area (Å²) in [5, 5.41) is 0.666. The molecule has 0 aliphatic rings. The standard InChI is InChI=1S/C23H16BrClN2O/c24-18-10-5-17(6-11-18)15-27-21-4-2-1-3-20(21)26-23(27)22(28)14-9-16-7-12-19(25)13-8-16/h1-14H,15H2/b14-9+. The molecule has 1 heterocycles. The molecule has 0 atom stereocenters. The second-order valence-corrected chi connectivity index (χ2v) is 7.74. The van der Waals surface area contributed by atoms with Crippen LogP contribution in [-0.4, -0.2) is 15.3 Å². The van der Waals surface area contributed by atoms with Gasteiger partial charge >= 0.3 is 0 Å². The molecule has 1 aromatic heterocycles. The molecule has 0 saturated heterocycles. The molecule has 0 bridgehead atoms. The highest BCUT2D eigenvalue weighted by molar-refractivity contribution is 9.10. The van der Waals surface area contributed by atoms with Crippen LogP contribution in [0.25, 0.3) is 17.1 Å². The number of ketones is 1. The molecule has 0 aliphatic carbocycles. The molecule has 0 unspecified atom stereocenters. The van der Waals surface area contributed by atoms with Gasteiger partial charge in [0.1, 0.15) is 0 Å². The first-order chi connectivity index (χ1) is 13.6. The highest BCUT2D eigenvalue weighted by atomic mass is 79.9. The Morgan fingerprint density at radius 2 is 1.71 bits per heavy atom. The van der Waals surface area contributed by atoms with Gasteiger partial charge in [-0.2, -0.15) is 0 Å². The van der Waals surface area contributed by atoms with Gasteiger partial charge < -0.3 is 4.57 Å². The van der Waals surface area contributed by atoms with Crippen LogP contribution in [0.4, 0.5) is 0 Å². The van der Waals surface area contributed by atoms with Crippen LogP contribution < -0.4 is 0 Å². The summed E-state index contributed by atoms with van der Waals surface area (Å²) in [6, 6.07) is 23.2. The molecule has 0 amide bonds. The Balaban J connectivity index is 1.70.